The SMILES string of the molecule is Brc1cc2c(o1)C(NC1CC1)CCC2. The maximum Gasteiger partial charge on any atom is 0.169 e. The Morgan fingerprint density at radius 2 is 2.21 bits per heavy atom. The molecule has 0 amide bonds. The van der Waals surface area contributed by atoms with Gasteiger partial charge in [0.1, 0.15) is 5.76 Å². The van der Waals surface area contributed by atoms with Gasteiger partial charge in [0.05, 0.1) is 6.04 Å². The van der Waals surface area contributed by atoms with Crippen LogP contribution in [-0.4, -0.2) is 6.04 Å². The molecule has 2 aliphatic carbocycles. The number of hydrogen-bond acceptors (Lipinski definition) is 2. The zero-order chi connectivity index (χ0) is 9.54. The molecule has 0 radical (unpaired) electrons. The summed E-state index contributed by atoms with van der Waals surface area (Å²) in [5, 5.41) is 3.65. The Bertz CT molecular complexity index is 343. The molecule has 0 spiro atoms. The number of fused-ring (bicyclic) bond motifs is 1. The summed E-state index contributed by atoms with van der Waals surface area (Å²) < 4.78 is 6.58. The van der Waals surface area contributed by atoms with Crippen molar-refractivity contribution in [3.63, 3.8) is 0 Å². The van der Waals surface area contributed by atoms with E-state index in [2.05, 4.69) is 27.3 Å². The average molecular weight is 256 g/mol. The van der Waals surface area contributed by atoms with Crippen LogP contribution in [0, 0.1) is 0 Å². The van der Waals surface area contributed by atoms with Crippen molar-refractivity contribution in [3.8, 4) is 0 Å². The minimum atomic E-state index is 0.470. The van der Waals surface area contributed by atoms with Gasteiger partial charge in [0.2, 0.25) is 0 Å². The molecule has 1 unspecified atom stereocenters. The molecular weight excluding hydrogens is 242 g/mol. The van der Waals surface area contributed by atoms with E-state index in [0.29, 0.717) is 6.04 Å². The molecule has 3 rings (SSSR count). The number of nitrogens with one attached hydrogen (secondary N) is 1. The molecule has 1 aromatic rings. The van der Waals surface area contributed by atoms with Crippen LogP contribution in [0.15, 0.2) is 15.2 Å². The molecule has 1 heterocycles. The zero-order valence-electron chi connectivity index (χ0n) is 8.05. The second-order valence-corrected chi connectivity index (χ2v) is 5.11. The fourth-order valence-corrected chi connectivity index (χ4v) is 2.67. The summed E-state index contributed by atoms with van der Waals surface area (Å²) in [7, 11) is 0. The van der Waals surface area contributed by atoms with Crippen molar-refractivity contribution >= 4 is 15.9 Å². The van der Waals surface area contributed by atoms with Gasteiger partial charge in [-0.05, 0) is 59.7 Å². The predicted octanol–water partition coefficient (Wildman–Crippen LogP) is 3.17. The van der Waals surface area contributed by atoms with Crippen molar-refractivity contribution in [2.75, 3.05) is 0 Å². The second kappa shape index (κ2) is 3.38. The van der Waals surface area contributed by atoms with Gasteiger partial charge >= 0.3 is 0 Å². The Kier molecular flexibility index (Phi) is 2.17. The van der Waals surface area contributed by atoms with Crippen molar-refractivity contribution in [1.82, 2.24) is 5.32 Å². The fourth-order valence-electron chi connectivity index (χ4n) is 2.22. The van der Waals surface area contributed by atoms with Crippen LogP contribution in [0.3, 0.4) is 0 Å². The fraction of sp³-hybridized carbons (Fsp3) is 0.636. The Hall–Kier alpha value is -0.280. The minimum Gasteiger partial charge on any atom is -0.452 e. The Morgan fingerprint density at radius 3 is 3.00 bits per heavy atom. The molecule has 0 aromatic carbocycles. The number of aryl methyl sites for hydroxylation is 1. The lowest BCUT2D eigenvalue weighted by Gasteiger charge is -2.21. The van der Waals surface area contributed by atoms with E-state index < -0.39 is 0 Å². The quantitative estimate of drug-likeness (QED) is 0.879. The van der Waals surface area contributed by atoms with Gasteiger partial charge in [-0.2, -0.15) is 0 Å². The van der Waals surface area contributed by atoms with E-state index in [4.69, 9.17) is 4.42 Å². The van der Waals surface area contributed by atoms with E-state index in [-0.39, 0.29) is 0 Å². The first-order valence-corrected chi connectivity index (χ1v) is 6.16. The van der Waals surface area contributed by atoms with E-state index in [1.807, 2.05) is 0 Å². The first-order chi connectivity index (χ1) is 6.83. The molecule has 1 N–H and O–H groups in total. The van der Waals surface area contributed by atoms with Crippen LogP contribution in [0.4, 0.5) is 0 Å². The van der Waals surface area contributed by atoms with Crippen LogP contribution in [0.1, 0.15) is 43.0 Å². The van der Waals surface area contributed by atoms with Crippen molar-refractivity contribution < 1.29 is 4.42 Å². The van der Waals surface area contributed by atoms with Crippen LogP contribution in [0.25, 0.3) is 0 Å². The molecule has 3 heteroatoms. The summed E-state index contributed by atoms with van der Waals surface area (Å²) in [5.41, 5.74) is 1.39. The van der Waals surface area contributed by atoms with Crippen molar-refractivity contribution in [2.24, 2.45) is 0 Å². The lowest BCUT2D eigenvalue weighted by molar-refractivity contribution is 0.359. The molecule has 1 aromatic heterocycles. The van der Waals surface area contributed by atoms with Crippen LogP contribution < -0.4 is 5.32 Å². The van der Waals surface area contributed by atoms with Crippen LogP contribution in [0.2, 0.25) is 0 Å². The third-order valence-electron chi connectivity index (χ3n) is 3.08. The molecule has 0 bridgehead atoms. The minimum absolute atomic E-state index is 0.470. The van der Waals surface area contributed by atoms with Gasteiger partial charge in [0.15, 0.2) is 4.67 Å². The van der Waals surface area contributed by atoms with Crippen LogP contribution in [-0.2, 0) is 6.42 Å². The number of furan rings is 1. The molecule has 1 saturated carbocycles. The highest BCUT2D eigenvalue weighted by molar-refractivity contribution is 9.10. The molecule has 1 fully saturated rings. The summed E-state index contributed by atoms with van der Waals surface area (Å²) in [4.78, 5) is 0. The van der Waals surface area contributed by atoms with E-state index in [9.17, 15) is 0 Å². The van der Waals surface area contributed by atoms with Crippen LogP contribution in [0.5, 0.6) is 0 Å². The highest BCUT2D eigenvalue weighted by Gasteiger charge is 2.30. The van der Waals surface area contributed by atoms with Gasteiger partial charge in [-0.25, -0.2) is 0 Å². The van der Waals surface area contributed by atoms with Gasteiger partial charge in [-0.15, -0.1) is 0 Å². The summed E-state index contributed by atoms with van der Waals surface area (Å²) in [6, 6.07) is 3.35. The summed E-state index contributed by atoms with van der Waals surface area (Å²) >= 11 is 3.41. The monoisotopic (exact) mass is 255 g/mol. The van der Waals surface area contributed by atoms with E-state index in [0.717, 1.165) is 10.7 Å². The molecule has 14 heavy (non-hydrogen) atoms. The molecular formula is C11H14BrNO. The van der Waals surface area contributed by atoms with Gasteiger partial charge in [0, 0.05) is 6.04 Å². The van der Waals surface area contributed by atoms with Crippen LogP contribution >= 0.6 is 15.9 Å². The number of halogens is 1. The predicted molar refractivity (Wildman–Crippen MR) is 58.2 cm³/mol. The first-order valence-electron chi connectivity index (χ1n) is 5.37. The molecule has 76 valence electrons. The molecule has 1 atom stereocenters. The highest BCUT2D eigenvalue weighted by atomic mass is 79.9. The lowest BCUT2D eigenvalue weighted by atomic mass is 9.94. The number of rotatable bonds is 2. The lowest BCUT2D eigenvalue weighted by Crippen LogP contribution is -2.26. The Balaban J connectivity index is 1.85. The van der Waals surface area contributed by atoms with Gasteiger partial charge in [-0.3, -0.25) is 0 Å². The highest BCUT2D eigenvalue weighted by Crippen LogP contribution is 2.36. The van der Waals surface area contributed by atoms with E-state index in [1.165, 1.54) is 43.4 Å². The number of hydrogen-bond donors (Lipinski definition) is 1. The van der Waals surface area contributed by atoms with E-state index >= 15 is 0 Å². The largest absolute Gasteiger partial charge is 0.452 e. The maximum atomic E-state index is 5.70. The molecule has 0 aliphatic heterocycles. The van der Waals surface area contributed by atoms with Crippen molar-refractivity contribution in [2.45, 2.75) is 44.2 Å². The second-order valence-electron chi connectivity index (χ2n) is 4.33. The molecule has 0 saturated heterocycles. The Labute approximate surface area is 92.2 Å². The maximum absolute atomic E-state index is 5.70. The van der Waals surface area contributed by atoms with E-state index in [1.54, 1.807) is 0 Å². The van der Waals surface area contributed by atoms with Crippen molar-refractivity contribution in [3.05, 3.63) is 22.1 Å². The van der Waals surface area contributed by atoms with Gasteiger partial charge < -0.3 is 9.73 Å². The molecule has 2 nitrogen and oxygen atoms in total. The van der Waals surface area contributed by atoms with Gasteiger partial charge in [-0.1, -0.05) is 0 Å². The van der Waals surface area contributed by atoms with Crippen molar-refractivity contribution in [1.29, 1.82) is 0 Å². The smallest absolute Gasteiger partial charge is 0.169 e. The molecule has 2 aliphatic rings. The third-order valence-corrected chi connectivity index (χ3v) is 3.47. The summed E-state index contributed by atoms with van der Waals surface area (Å²) in [5.74, 6) is 1.18. The summed E-state index contributed by atoms with van der Waals surface area (Å²) in [6.07, 6.45) is 6.36. The summed E-state index contributed by atoms with van der Waals surface area (Å²) in [6.45, 7) is 0. The third kappa shape index (κ3) is 1.63. The average Bonchev–Trinajstić information content (AvgIpc) is 2.87. The Morgan fingerprint density at radius 1 is 1.36 bits per heavy atom. The topological polar surface area (TPSA) is 25.2 Å². The standard InChI is InChI=1S/C11H14BrNO/c12-10-6-7-2-1-3-9(11(7)14-10)13-8-4-5-8/h6,8-9,13H,1-5H2. The van der Waals surface area contributed by atoms with Gasteiger partial charge in [0.25, 0.3) is 0 Å². The zero-order valence-corrected chi connectivity index (χ0v) is 9.64. The first kappa shape index (κ1) is 8.98. The normalized spacial score (nSPS) is 26.2.